The fraction of sp³-hybridized carbons (Fsp3) is 0.148. The normalized spacial score (nSPS) is 11.1. The number of para-hydroxylation sites is 1. The van der Waals surface area contributed by atoms with Gasteiger partial charge in [-0.3, -0.25) is 9.69 Å². The van der Waals surface area contributed by atoms with Crippen LogP contribution >= 0.6 is 11.3 Å². The van der Waals surface area contributed by atoms with Crippen molar-refractivity contribution in [2.45, 2.75) is 26.2 Å². The van der Waals surface area contributed by atoms with Gasteiger partial charge in [0.05, 0.1) is 22.1 Å². The van der Waals surface area contributed by atoms with E-state index in [-0.39, 0.29) is 12.3 Å². The third-order valence-electron chi connectivity index (χ3n) is 5.49. The van der Waals surface area contributed by atoms with Crippen molar-refractivity contribution in [2.24, 2.45) is 0 Å². The minimum Gasteiger partial charge on any atom is -0.441 e. The summed E-state index contributed by atoms with van der Waals surface area (Å²) in [5.74, 6) is 1.21. The minimum atomic E-state index is -0.0437. The number of thiazole rings is 1. The first kappa shape index (κ1) is 21.1. The molecule has 6 heteroatoms. The number of aromatic nitrogens is 2. The van der Waals surface area contributed by atoms with Crippen LogP contribution in [0.3, 0.4) is 0 Å². The van der Waals surface area contributed by atoms with Crippen molar-refractivity contribution in [2.75, 3.05) is 4.90 Å². The number of amides is 1. The second-order valence-electron chi connectivity index (χ2n) is 7.70. The smallest absolute Gasteiger partial charge is 0.233 e. The van der Waals surface area contributed by atoms with E-state index < -0.39 is 0 Å². The van der Waals surface area contributed by atoms with E-state index in [2.05, 4.69) is 24.0 Å². The van der Waals surface area contributed by atoms with Crippen LogP contribution in [0.15, 0.2) is 89.5 Å². The van der Waals surface area contributed by atoms with Crippen LogP contribution in [0.5, 0.6) is 0 Å². The number of oxazole rings is 1. The second kappa shape index (κ2) is 9.38. The van der Waals surface area contributed by atoms with Gasteiger partial charge in [-0.25, -0.2) is 9.97 Å². The van der Waals surface area contributed by atoms with Gasteiger partial charge in [-0.2, -0.15) is 0 Å². The topological polar surface area (TPSA) is 59.2 Å². The summed E-state index contributed by atoms with van der Waals surface area (Å²) in [7, 11) is 0. The number of carbonyl (C=O) groups is 1. The van der Waals surface area contributed by atoms with Gasteiger partial charge in [0, 0.05) is 18.4 Å². The molecule has 0 atom stereocenters. The van der Waals surface area contributed by atoms with Gasteiger partial charge in [0.1, 0.15) is 0 Å². The number of aryl methyl sites for hydroxylation is 2. The number of carbonyl (C=O) groups excluding carboxylic acids is 1. The molecule has 5 rings (SSSR count). The Morgan fingerprint density at radius 3 is 2.48 bits per heavy atom. The summed E-state index contributed by atoms with van der Waals surface area (Å²) in [6.07, 6.45) is 3.34. The highest BCUT2D eigenvalue weighted by Gasteiger charge is 2.22. The van der Waals surface area contributed by atoms with Crippen LogP contribution in [0.4, 0.5) is 10.8 Å². The minimum absolute atomic E-state index is 0.0437. The highest BCUT2D eigenvalue weighted by molar-refractivity contribution is 7.22. The number of hydrogen-bond acceptors (Lipinski definition) is 5. The molecule has 0 aliphatic rings. The summed E-state index contributed by atoms with van der Waals surface area (Å²) < 4.78 is 6.95. The molecule has 0 aliphatic carbocycles. The predicted octanol–water partition coefficient (Wildman–Crippen LogP) is 6.81. The number of benzene rings is 3. The van der Waals surface area contributed by atoms with E-state index in [1.807, 2.05) is 66.7 Å². The lowest BCUT2D eigenvalue weighted by Crippen LogP contribution is -2.26. The average molecular weight is 454 g/mol. The number of rotatable bonds is 7. The molecule has 0 N–H and O–H groups in total. The zero-order chi connectivity index (χ0) is 22.6. The zero-order valence-electron chi connectivity index (χ0n) is 18.3. The van der Waals surface area contributed by atoms with E-state index in [0.717, 1.165) is 27.9 Å². The van der Waals surface area contributed by atoms with Crippen LogP contribution in [0, 0.1) is 0 Å². The van der Waals surface area contributed by atoms with Crippen LogP contribution in [-0.4, -0.2) is 15.9 Å². The lowest BCUT2D eigenvalue weighted by Gasteiger charge is -2.20. The van der Waals surface area contributed by atoms with Crippen LogP contribution < -0.4 is 4.90 Å². The molecule has 0 fully saturated rings. The van der Waals surface area contributed by atoms with Crippen molar-refractivity contribution in [3.05, 3.63) is 96.5 Å². The summed E-state index contributed by atoms with van der Waals surface area (Å²) in [5.41, 5.74) is 3.90. The molecule has 0 saturated heterocycles. The highest BCUT2D eigenvalue weighted by Crippen LogP contribution is 2.34. The summed E-state index contributed by atoms with van der Waals surface area (Å²) in [4.78, 5) is 24.3. The molecule has 2 heterocycles. The Bertz CT molecular complexity index is 1340. The average Bonchev–Trinajstić information content (AvgIpc) is 3.51. The Balaban J connectivity index is 1.40. The Morgan fingerprint density at radius 1 is 0.970 bits per heavy atom. The predicted molar refractivity (Wildman–Crippen MR) is 133 cm³/mol. The third-order valence-corrected chi connectivity index (χ3v) is 6.51. The summed E-state index contributed by atoms with van der Waals surface area (Å²) in [6, 6.07) is 25.9. The van der Waals surface area contributed by atoms with Gasteiger partial charge in [-0.1, -0.05) is 72.9 Å². The van der Waals surface area contributed by atoms with Crippen molar-refractivity contribution >= 4 is 38.3 Å². The lowest BCUT2D eigenvalue weighted by molar-refractivity contribution is -0.117. The van der Waals surface area contributed by atoms with Crippen molar-refractivity contribution in [1.29, 1.82) is 0 Å². The lowest BCUT2D eigenvalue weighted by atomic mass is 10.1. The Labute approximate surface area is 196 Å². The molecule has 0 bridgehead atoms. The fourth-order valence-electron chi connectivity index (χ4n) is 3.68. The number of hydrogen-bond donors (Lipinski definition) is 0. The SMILES string of the molecule is CCc1ccc(N(C(=O)CCc2ncc(-c3ccccc3)o2)c2nc3ccccc3s2)cc1. The Morgan fingerprint density at radius 2 is 1.73 bits per heavy atom. The molecule has 1 amide bonds. The highest BCUT2D eigenvalue weighted by atomic mass is 32.1. The zero-order valence-corrected chi connectivity index (χ0v) is 19.1. The Kier molecular flexibility index (Phi) is 6.00. The van der Waals surface area contributed by atoms with Crippen LogP contribution in [0.25, 0.3) is 21.5 Å². The maximum atomic E-state index is 13.4. The molecular weight excluding hydrogens is 430 g/mol. The standard InChI is InChI=1S/C27H23N3O2S/c1-2-19-12-14-21(15-13-19)30(27-29-22-10-6-7-11-24(22)33-27)26(31)17-16-25-28-18-23(32-25)20-8-4-3-5-9-20/h3-15,18H,2,16-17H2,1H3. The van der Waals surface area contributed by atoms with Gasteiger partial charge in [-0.15, -0.1) is 0 Å². The number of anilines is 2. The molecule has 3 aromatic carbocycles. The summed E-state index contributed by atoms with van der Waals surface area (Å²) >= 11 is 1.52. The van der Waals surface area contributed by atoms with Crippen molar-refractivity contribution < 1.29 is 9.21 Å². The fourth-order valence-corrected chi connectivity index (χ4v) is 4.69. The van der Waals surface area contributed by atoms with Crippen molar-refractivity contribution in [3.8, 4) is 11.3 Å². The van der Waals surface area contributed by atoms with E-state index in [1.165, 1.54) is 16.9 Å². The van der Waals surface area contributed by atoms with Crippen molar-refractivity contribution in [3.63, 3.8) is 0 Å². The largest absolute Gasteiger partial charge is 0.441 e. The molecule has 5 nitrogen and oxygen atoms in total. The molecule has 164 valence electrons. The van der Waals surface area contributed by atoms with Crippen molar-refractivity contribution in [1.82, 2.24) is 9.97 Å². The monoisotopic (exact) mass is 453 g/mol. The summed E-state index contributed by atoms with van der Waals surface area (Å²) in [6.45, 7) is 2.12. The maximum Gasteiger partial charge on any atom is 0.233 e. The molecule has 0 spiro atoms. The molecule has 2 aromatic heterocycles. The van der Waals surface area contributed by atoms with E-state index in [1.54, 1.807) is 11.1 Å². The van der Waals surface area contributed by atoms with Crippen LogP contribution in [0.1, 0.15) is 24.8 Å². The third kappa shape index (κ3) is 4.56. The van der Waals surface area contributed by atoms with Gasteiger partial charge < -0.3 is 4.42 Å². The first-order chi connectivity index (χ1) is 16.2. The first-order valence-corrected chi connectivity index (χ1v) is 11.8. The molecule has 0 saturated carbocycles. The molecule has 0 unspecified atom stereocenters. The van der Waals surface area contributed by atoms with Gasteiger partial charge in [0.25, 0.3) is 0 Å². The molecule has 0 aliphatic heterocycles. The molecular formula is C27H23N3O2S. The second-order valence-corrected chi connectivity index (χ2v) is 8.71. The van der Waals surface area contributed by atoms with E-state index in [0.29, 0.717) is 23.2 Å². The first-order valence-electron chi connectivity index (χ1n) is 11.0. The summed E-state index contributed by atoms with van der Waals surface area (Å²) in [5, 5.41) is 0.669. The van der Waals surface area contributed by atoms with Gasteiger partial charge in [-0.05, 0) is 36.2 Å². The van der Waals surface area contributed by atoms with Gasteiger partial charge in [0.2, 0.25) is 5.91 Å². The van der Waals surface area contributed by atoms with E-state index in [4.69, 9.17) is 9.40 Å². The van der Waals surface area contributed by atoms with Gasteiger partial charge in [0.15, 0.2) is 16.8 Å². The number of fused-ring (bicyclic) bond motifs is 1. The molecule has 0 radical (unpaired) electrons. The Hall–Kier alpha value is -3.77. The quantitative estimate of drug-likeness (QED) is 0.272. The van der Waals surface area contributed by atoms with Crippen LogP contribution in [-0.2, 0) is 17.6 Å². The van der Waals surface area contributed by atoms with E-state index in [9.17, 15) is 4.79 Å². The number of nitrogens with zero attached hydrogens (tertiary/aromatic N) is 3. The van der Waals surface area contributed by atoms with E-state index >= 15 is 0 Å². The van der Waals surface area contributed by atoms with Crippen LogP contribution in [0.2, 0.25) is 0 Å². The maximum absolute atomic E-state index is 13.4. The van der Waals surface area contributed by atoms with Gasteiger partial charge >= 0.3 is 0 Å². The molecule has 5 aromatic rings. The molecule has 33 heavy (non-hydrogen) atoms.